The maximum absolute atomic E-state index is 12.8. The number of carbonyl (C=O) groups is 4. The summed E-state index contributed by atoms with van der Waals surface area (Å²) in [6, 6.07) is 3.52. The number of H-pyrrole nitrogens is 1. The Morgan fingerprint density at radius 1 is 0.791 bits per heavy atom. The Hall–Kier alpha value is -4.62. The summed E-state index contributed by atoms with van der Waals surface area (Å²) in [6.07, 6.45) is -4.34. The summed E-state index contributed by atoms with van der Waals surface area (Å²) in [4.78, 5) is 85.5. The van der Waals surface area contributed by atoms with Crippen LogP contribution in [0.3, 0.4) is 0 Å². The van der Waals surface area contributed by atoms with Crippen LogP contribution in [0.4, 0.5) is 0 Å². The summed E-state index contributed by atoms with van der Waals surface area (Å²) in [7, 11) is 0. The van der Waals surface area contributed by atoms with Gasteiger partial charge in [-0.25, -0.2) is 9.78 Å². The lowest BCUT2D eigenvalue weighted by Gasteiger charge is -2.33. The fourth-order valence-corrected chi connectivity index (χ4v) is 4.23. The number of nitrogens with zero attached hydrogens (tertiary/aromatic N) is 3. The van der Waals surface area contributed by atoms with Gasteiger partial charge in [0.15, 0.2) is 29.8 Å². The van der Waals surface area contributed by atoms with Gasteiger partial charge in [-0.2, -0.15) is 4.98 Å². The Labute approximate surface area is 247 Å². The lowest BCUT2D eigenvalue weighted by atomic mass is 10.1. The van der Waals surface area contributed by atoms with Crippen molar-refractivity contribution in [3.63, 3.8) is 0 Å². The molecular formula is C29H36N4O10. The van der Waals surface area contributed by atoms with E-state index >= 15 is 0 Å². The predicted octanol–water partition coefficient (Wildman–Crippen LogP) is 2.12. The van der Waals surface area contributed by atoms with Crippen LogP contribution in [0, 0.1) is 13.8 Å². The number of carbonyl (C=O) groups excluding carboxylic acids is 4. The van der Waals surface area contributed by atoms with E-state index in [9.17, 15) is 28.8 Å². The van der Waals surface area contributed by atoms with Crippen molar-refractivity contribution in [3.05, 3.63) is 44.1 Å². The first-order chi connectivity index (χ1) is 20.4. The molecule has 2 aliphatic heterocycles. The topological polar surface area (TPSA) is 186 Å². The van der Waals surface area contributed by atoms with Crippen molar-refractivity contribution < 1.29 is 38.1 Å². The second-order valence-corrected chi connectivity index (χ2v) is 9.80. The monoisotopic (exact) mass is 600 g/mol. The van der Waals surface area contributed by atoms with Gasteiger partial charge in [0.05, 0.1) is 17.6 Å². The molecule has 0 unspecified atom stereocenters. The zero-order valence-electron chi connectivity index (χ0n) is 25.1. The minimum atomic E-state index is -1.46. The highest BCUT2D eigenvalue weighted by molar-refractivity contribution is 5.81. The van der Waals surface area contributed by atoms with Crippen molar-refractivity contribution in [2.75, 3.05) is 6.61 Å². The van der Waals surface area contributed by atoms with E-state index in [1.807, 2.05) is 13.8 Å². The number of hydrogen-bond donors (Lipinski definition) is 1. The molecule has 2 aliphatic rings. The van der Waals surface area contributed by atoms with Crippen molar-refractivity contribution >= 4 is 34.9 Å². The van der Waals surface area contributed by atoms with Crippen molar-refractivity contribution in [3.8, 4) is 11.5 Å². The van der Waals surface area contributed by atoms with Crippen LogP contribution in [0.25, 0.3) is 22.6 Å². The summed E-state index contributed by atoms with van der Waals surface area (Å²) in [5.41, 5.74) is 0.704. The quantitative estimate of drug-likeness (QED) is 0.171. The highest BCUT2D eigenvalue weighted by atomic mass is 16.6. The molecule has 0 amide bonds. The van der Waals surface area contributed by atoms with E-state index in [0.29, 0.717) is 11.0 Å². The smallest absolute Gasteiger partial charge is 0.349 e. The van der Waals surface area contributed by atoms with Gasteiger partial charge in [0.2, 0.25) is 0 Å². The minimum absolute atomic E-state index is 0.0312. The number of ether oxygens (including phenoxy) is 4. The van der Waals surface area contributed by atoms with Gasteiger partial charge in [-0.3, -0.25) is 29.0 Å². The van der Waals surface area contributed by atoms with Crippen LogP contribution in [0.5, 0.6) is 0 Å². The predicted molar refractivity (Wildman–Crippen MR) is 152 cm³/mol. The Kier molecular flexibility index (Phi) is 11.1. The number of rotatable bonds is 13. The van der Waals surface area contributed by atoms with E-state index < -0.39 is 60.0 Å². The van der Waals surface area contributed by atoms with Crippen LogP contribution >= 0.6 is 0 Å². The van der Waals surface area contributed by atoms with E-state index in [1.54, 1.807) is 39.8 Å². The standard InChI is InChI=1S/C29H36N4O10/c1-7-21(34)40-14-20(42-23(36)9-3)26(43-24(37)10-4)19(41-22(35)8-2)13-33-18-12-16(6)15(5)11-17(18)30-25-27(33)31-29(39)32-28(25)38/h11-12,19-20,26H,7-10,13-14H2,1-6H3,(H,32,38,39)/t19-,20+,26+/m1/s1. The van der Waals surface area contributed by atoms with E-state index in [-0.39, 0.29) is 43.7 Å². The summed E-state index contributed by atoms with van der Waals surface area (Å²) < 4.78 is 23.8. The fourth-order valence-electron chi connectivity index (χ4n) is 4.23. The van der Waals surface area contributed by atoms with Gasteiger partial charge >= 0.3 is 29.6 Å². The fraction of sp³-hybridized carbons (Fsp3) is 0.517. The number of esters is 4. The molecule has 3 atom stereocenters. The molecule has 1 N–H and O–H groups in total. The van der Waals surface area contributed by atoms with Gasteiger partial charge in [-0.1, -0.05) is 27.7 Å². The average molecular weight is 601 g/mol. The van der Waals surface area contributed by atoms with E-state index in [4.69, 9.17) is 18.9 Å². The maximum atomic E-state index is 12.8. The molecule has 1 aromatic rings. The molecule has 14 heteroatoms. The van der Waals surface area contributed by atoms with Crippen molar-refractivity contribution in [2.24, 2.45) is 0 Å². The molecule has 2 heterocycles. The largest absolute Gasteiger partial charge is 0.462 e. The summed E-state index contributed by atoms with van der Waals surface area (Å²) in [6.45, 7) is 9.15. The van der Waals surface area contributed by atoms with Crippen LogP contribution in [0.2, 0.25) is 0 Å². The third-order valence-corrected chi connectivity index (χ3v) is 6.72. The second-order valence-electron chi connectivity index (χ2n) is 9.80. The summed E-state index contributed by atoms with van der Waals surface area (Å²) in [5, 5.41) is 0. The van der Waals surface area contributed by atoms with Crippen molar-refractivity contribution in [1.29, 1.82) is 0 Å². The Bertz CT molecular complexity index is 1590. The molecule has 0 radical (unpaired) electrons. The van der Waals surface area contributed by atoms with Gasteiger partial charge < -0.3 is 23.5 Å². The van der Waals surface area contributed by atoms with Crippen LogP contribution < -0.4 is 11.2 Å². The molecular weight excluding hydrogens is 564 g/mol. The molecule has 0 fully saturated rings. The maximum Gasteiger partial charge on any atom is 0.349 e. The first-order valence-electron chi connectivity index (χ1n) is 14.1. The lowest BCUT2D eigenvalue weighted by Crippen LogP contribution is -2.49. The van der Waals surface area contributed by atoms with E-state index in [1.165, 1.54) is 4.57 Å². The Morgan fingerprint density at radius 3 is 1.95 bits per heavy atom. The molecule has 0 aliphatic carbocycles. The molecule has 232 valence electrons. The first-order valence-corrected chi connectivity index (χ1v) is 14.1. The first kappa shape index (κ1) is 32.9. The van der Waals surface area contributed by atoms with Crippen molar-refractivity contribution in [2.45, 2.75) is 92.1 Å². The van der Waals surface area contributed by atoms with Gasteiger partial charge in [0, 0.05) is 25.7 Å². The summed E-state index contributed by atoms with van der Waals surface area (Å²) >= 11 is 0. The zero-order valence-corrected chi connectivity index (χ0v) is 25.1. The van der Waals surface area contributed by atoms with Gasteiger partial charge in [0.1, 0.15) is 6.61 Å². The summed E-state index contributed by atoms with van der Waals surface area (Å²) in [5.74, 6) is -2.78. The molecule has 3 rings (SSSR count). The SMILES string of the molecule is CCC(=O)OC[C@H](OC(=O)CC)[C@@H](OC(=O)CC)[C@@H](Cn1c2nc(=O)[nH]c(=O)c-2nc2cc(C)c(C)cc21)OC(=O)CC. The molecule has 0 saturated heterocycles. The number of nitrogens with one attached hydrogen (secondary N) is 1. The van der Waals surface area contributed by atoms with Gasteiger partial charge in [-0.05, 0) is 37.1 Å². The molecule has 43 heavy (non-hydrogen) atoms. The van der Waals surface area contributed by atoms with Gasteiger partial charge in [-0.15, -0.1) is 0 Å². The highest BCUT2D eigenvalue weighted by Gasteiger charge is 2.40. The molecule has 0 spiro atoms. The number of benzene rings is 1. The zero-order chi connectivity index (χ0) is 31.8. The second kappa shape index (κ2) is 14.5. The van der Waals surface area contributed by atoms with E-state index in [0.717, 1.165) is 11.1 Å². The van der Waals surface area contributed by atoms with Crippen LogP contribution in [0.15, 0.2) is 21.7 Å². The number of aryl methyl sites for hydroxylation is 2. The molecule has 0 bridgehead atoms. The minimum Gasteiger partial charge on any atom is -0.462 e. The molecule has 0 aromatic heterocycles. The number of aromatic nitrogens is 4. The van der Waals surface area contributed by atoms with Crippen molar-refractivity contribution in [1.82, 2.24) is 19.5 Å². The van der Waals surface area contributed by atoms with Gasteiger partial charge in [0.25, 0.3) is 5.56 Å². The van der Waals surface area contributed by atoms with Crippen LogP contribution in [-0.4, -0.2) is 68.3 Å². The molecule has 0 saturated carbocycles. The Balaban J connectivity index is 2.29. The Morgan fingerprint density at radius 2 is 1.35 bits per heavy atom. The van der Waals surface area contributed by atoms with E-state index in [2.05, 4.69) is 15.0 Å². The third-order valence-electron chi connectivity index (χ3n) is 6.72. The van der Waals surface area contributed by atoms with Crippen LogP contribution in [-0.2, 0) is 44.7 Å². The number of fused-ring (bicyclic) bond motifs is 2. The lowest BCUT2D eigenvalue weighted by molar-refractivity contribution is -0.192. The highest BCUT2D eigenvalue weighted by Crippen LogP contribution is 2.26. The third kappa shape index (κ3) is 8.02. The molecule has 1 aromatic carbocycles. The number of aromatic amines is 1. The average Bonchev–Trinajstić information content (AvgIpc) is 2.98. The normalized spacial score (nSPS) is 13.3. The molecule has 14 nitrogen and oxygen atoms in total. The number of hydrogen-bond acceptors (Lipinski definition) is 12. The van der Waals surface area contributed by atoms with Crippen LogP contribution in [0.1, 0.15) is 64.5 Å².